The molecule has 23 heavy (non-hydrogen) atoms. The number of ether oxygens (including phenoxy) is 2. The molecule has 0 saturated heterocycles. The number of halogens is 4. The molecule has 0 saturated carbocycles. The van der Waals surface area contributed by atoms with Gasteiger partial charge < -0.3 is 14.4 Å². The van der Waals surface area contributed by atoms with Gasteiger partial charge in [0.15, 0.2) is 10.7 Å². The van der Waals surface area contributed by atoms with Gasteiger partial charge in [-0.05, 0) is 6.08 Å². The first-order valence-corrected chi connectivity index (χ1v) is 7.41. The number of rotatable bonds is 4. The predicted octanol–water partition coefficient (Wildman–Crippen LogP) is 3.01. The van der Waals surface area contributed by atoms with Crippen molar-refractivity contribution in [2.24, 2.45) is 5.92 Å². The van der Waals surface area contributed by atoms with Gasteiger partial charge in [0.05, 0.1) is 14.2 Å². The molecule has 10 heteroatoms. The fourth-order valence-corrected chi connectivity index (χ4v) is 2.39. The third-order valence-corrected chi connectivity index (χ3v) is 4.06. The first-order valence-electron chi connectivity index (χ1n) is 5.90. The Hall–Kier alpha value is -1.39. The molecule has 0 aliphatic carbocycles. The van der Waals surface area contributed by atoms with Gasteiger partial charge in [0.1, 0.15) is 11.2 Å². The van der Waals surface area contributed by atoms with Crippen molar-refractivity contribution >= 4 is 58.3 Å². The van der Waals surface area contributed by atoms with Crippen LogP contribution in [0.5, 0.6) is 0 Å². The Bertz CT molecular complexity index is 649. The number of nitriles is 1. The van der Waals surface area contributed by atoms with Crippen molar-refractivity contribution in [2.75, 3.05) is 14.2 Å². The summed E-state index contributed by atoms with van der Waals surface area (Å²) >= 11 is 23.6. The van der Waals surface area contributed by atoms with Gasteiger partial charge in [-0.15, -0.1) is 0 Å². The summed E-state index contributed by atoms with van der Waals surface area (Å²) in [6, 6.07) is 1.71. The number of allylic oxidation sites excluding steroid dienone is 2. The van der Waals surface area contributed by atoms with E-state index >= 15 is 0 Å². The molecular weight excluding hydrogens is 390 g/mol. The minimum absolute atomic E-state index is 0.0547. The smallest absolute Gasteiger partial charge is 0.356 e. The average molecular weight is 400 g/mol. The number of hydrogen-bond donors (Lipinski definition) is 0. The van der Waals surface area contributed by atoms with E-state index in [2.05, 4.69) is 9.47 Å². The highest BCUT2D eigenvalue weighted by Crippen LogP contribution is 2.37. The first-order chi connectivity index (χ1) is 10.7. The lowest BCUT2D eigenvalue weighted by molar-refractivity contribution is -0.139. The maximum absolute atomic E-state index is 11.9. The lowest BCUT2D eigenvalue weighted by Crippen LogP contribution is -2.30. The van der Waals surface area contributed by atoms with E-state index in [0.717, 1.165) is 19.1 Å². The van der Waals surface area contributed by atoms with Crippen molar-refractivity contribution < 1.29 is 19.1 Å². The van der Waals surface area contributed by atoms with Crippen LogP contribution in [0.1, 0.15) is 0 Å². The molecule has 124 valence electrons. The van der Waals surface area contributed by atoms with Gasteiger partial charge in [0.2, 0.25) is 4.33 Å². The van der Waals surface area contributed by atoms with Crippen molar-refractivity contribution in [1.82, 2.24) is 4.90 Å². The Morgan fingerprint density at radius 3 is 2.30 bits per heavy atom. The second-order valence-electron chi connectivity index (χ2n) is 4.11. The standard InChI is InChI=1S/C13H10Cl4N2O4/c1-22-11(20)9(15)10(12(21)23-2)19-4-3-7(5-8(19)14)13(16,17)6-18/h3-5,7H,1-2H3/b10-9-. The van der Waals surface area contributed by atoms with Crippen molar-refractivity contribution in [2.45, 2.75) is 4.33 Å². The van der Waals surface area contributed by atoms with Gasteiger partial charge >= 0.3 is 11.9 Å². The van der Waals surface area contributed by atoms with Crippen LogP contribution >= 0.6 is 46.4 Å². The molecule has 0 amide bonds. The van der Waals surface area contributed by atoms with Gasteiger partial charge in [-0.25, -0.2) is 9.59 Å². The number of carbonyl (C=O) groups excluding carboxylic acids is 2. The summed E-state index contributed by atoms with van der Waals surface area (Å²) in [5.74, 6) is -2.61. The van der Waals surface area contributed by atoms with Gasteiger partial charge in [-0.3, -0.25) is 0 Å². The van der Waals surface area contributed by atoms with E-state index in [1.807, 2.05) is 0 Å². The fraction of sp³-hybridized carbons (Fsp3) is 0.308. The molecule has 1 aliphatic heterocycles. The van der Waals surface area contributed by atoms with Crippen LogP contribution in [0.4, 0.5) is 0 Å². The van der Waals surface area contributed by atoms with E-state index in [1.54, 1.807) is 6.07 Å². The molecule has 6 nitrogen and oxygen atoms in total. The molecule has 0 spiro atoms. The van der Waals surface area contributed by atoms with E-state index in [9.17, 15) is 9.59 Å². The predicted molar refractivity (Wildman–Crippen MR) is 85.4 cm³/mol. The highest BCUT2D eigenvalue weighted by atomic mass is 35.5. The van der Waals surface area contributed by atoms with E-state index < -0.39 is 27.2 Å². The maximum atomic E-state index is 11.9. The summed E-state index contributed by atoms with van der Waals surface area (Å²) in [7, 11) is 2.21. The van der Waals surface area contributed by atoms with Crippen LogP contribution in [-0.2, 0) is 19.1 Å². The molecule has 1 aliphatic rings. The van der Waals surface area contributed by atoms with E-state index in [1.165, 1.54) is 18.4 Å². The highest BCUT2D eigenvalue weighted by molar-refractivity contribution is 6.51. The largest absolute Gasteiger partial charge is 0.465 e. The average Bonchev–Trinajstić information content (AvgIpc) is 2.54. The Morgan fingerprint density at radius 2 is 1.87 bits per heavy atom. The first kappa shape index (κ1) is 19.7. The third-order valence-electron chi connectivity index (χ3n) is 2.75. The molecule has 1 atom stereocenters. The number of methoxy groups -OCH3 is 2. The number of alkyl halides is 2. The number of esters is 2. The molecule has 0 N–H and O–H groups in total. The summed E-state index contributed by atoms with van der Waals surface area (Å²) < 4.78 is 7.32. The zero-order valence-corrected chi connectivity index (χ0v) is 14.9. The minimum Gasteiger partial charge on any atom is -0.465 e. The summed E-state index contributed by atoms with van der Waals surface area (Å²) in [5.41, 5.74) is -0.358. The molecule has 1 rings (SSSR count). The second-order valence-corrected chi connectivity index (χ2v) is 6.26. The molecule has 0 bridgehead atoms. The van der Waals surface area contributed by atoms with Gasteiger partial charge in [-0.1, -0.05) is 52.5 Å². The molecule has 0 radical (unpaired) electrons. The van der Waals surface area contributed by atoms with Crippen LogP contribution in [-0.4, -0.2) is 35.4 Å². The molecule has 0 aromatic heterocycles. The quantitative estimate of drug-likeness (QED) is 0.313. The minimum atomic E-state index is -1.75. The van der Waals surface area contributed by atoms with Crippen LogP contribution in [0.2, 0.25) is 0 Å². The summed E-state index contributed by atoms with van der Waals surface area (Å²) in [6.07, 6.45) is 4.04. The zero-order valence-electron chi connectivity index (χ0n) is 11.8. The summed E-state index contributed by atoms with van der Waals surface area (Å²) in [6.45, 7) is 0. The molecule has 0 fully saturated rings. The normalized spacial score (nSPS) is 18.6. The Morgan fingerprint density at radius 1 is 1.30 bits per heavy atom. The van der Waals surface area contributed by atoms with E-state index in [0.29, 0.717) is 0 Å². The SMILES string of the molecule is COC(=O)/C(Cl)=C(\C(=O)OC)N1C=CC(C(Cl)(Cl)C#N)C=C1Cl. The zero-order chi connectivity index (χ0) is 17.8. The van der Waals surface area contributed by atoms with Gasteiger partial charge in [0.25, 0.3) is 0 Å². The topological polar surface area (TPSA) is 79.6 Å². The van der Waals surface area contributed by atoms with Crippen molar-refractivity contribution in [3.63, 3.8) is 0 Å². The number of carbonyl (C=O) groups is 2. The van der Waals surface area contributed by atoms with Crippen LogP contribution in [0.25, 0.3) is 0 Å². The molecule has 1 heterocycles. The Labute approximate surface area is 152 Å². The van der Waals surface area contributed by atoms with Crippen molar-refractivity contribution in [3.05, 3.63) is 34.2 Å². The van der Waals surface area contributed by atoms with Gasteiger partial charge in [0, 0.05) is 12.1 Å². The van der Waals surface area contributed by atoms with Crippen LogP contribution in [0.15, 0.2) is 34.2 Å². The maximum Gasteiger partial charge on any atom is 0.356 e. The summed E-state index contributed by atoms with van der Waals surface area (Å²) in [5, 5.41) is 8.34. The van der Waals surface area contributed by atoms with E-state index in [-0.39, 0.29) is 10.9 Å². The molecular formula is C13H10Cl4N2O4. The van der Waals surface area contributed by atoms with Crippen molar-refractivity contribution in [3.8, 4) is 6.07 Å². The van der Waals surface area contributed by atoms with E-state index in [4.69, 9.17) is 51.7 Å². The van der Waals surface area contributed by atoms with Crippen LogP contribution < -0.4 is 0 Å². The molecule has 1 unspecified atom stereocenters. The monoisotopic (exact) mass is 398 g/mol. The second kappa shape index (κ2) is 7.93. The molecule has 0 aromatic carbocycles. The Kier molecular flexibility index (Phi) is 6.78. The molecule has 0 aromatic rings. The lowest BCUT2D eigenvalue weighted by atomic mass is 10.0. The lowest BCUT2D eigenvalue weighted by Gasteiger charge is -2.28. The van der Waals surface area contributed by atoms with Crippen LogP contribution in [0, 0.1) is 17.2 Å². The number of hydrogen-bond acceptors (Lipinski definition) is 6. The van der Waals surface area contributed by atoms with Crippen LogP contribution in [0.3, 0.4) is 0 Å². The van der Waals surface area contributed by atoms with Gasteiger partial charge in [-0.2, -0.15) is 5.26 Å². The van der Waals surface area contributed by atoms with Crippen molar-refractivity contribution in [1.29, 1.82) is 5.26 Å². The summed E-state index contributed by atoms with van der Waals surface area (Å²) in [4.78, 5) is 24.6. The number of nitrogens with zero attached hydrogens (tertiary/aromatic N) is 2. The fourth-order valence-electron chi connectivity index (χ4n) is 1.59. The Balaban J connectivity index is 3.31. The third kappa shape index (κ3) is 4.33. The highest BCUT2D eigenvalue weighted by Gasteiger charge is 2.36.